The van der Waals surface area contributed by atoms with Crippen LogP contribution in [0.1, 0.15) is 39.9 Å². The van der Waals surface area contributed by atoms with E-state index in [1.165, 1.54) is 6.92 Å². The van der Waals surface area contributed by atoms with Crippen molar-refractivity contribution in [2.24, 2.45) is 5.11 Å². The number of aryl methyl sites for hydroxylation is 1. The Bertz CT molecular complexity index is 914. The minimum Gasteiger partial charge on any atom is -0.456 e. The molecule has 0 aliphatic carbocycles. The number of rotatable bonds is 4. The second kappa shape index (κ2) is 6.79. The van der Waals surface area contributed by atoms with Crippen molar-refractivity contribution in [3.63, 3.8) is 0 Å². The van der Waals surface area contributed by atoms with Crippen LogP contribution < -0.4 is 4.74 Å². The van der Waals surface area contributed by atoms with Crippen LogP contribution in [0, 0.1) is 6.92 Å². The lowest BCUT2D eigenvalue weighted by Crippen LogP contribution is -2.13. The fourth-order valence-corrected chi connectivity index (χ4v) is 2.99. The molecule has 0 spiro atoms. The number of fused-ring (bicyclic) bond motifs is 2. The maximum atomic E-state index is 12.7. The van der Waals surface area contributed by atoms with Crippen LogP contribution in [0.4, 0.5) is 0 Å². The van der Waals surface area contributed by atoms with Gasteiger partial charge in [-0.3, -0.25) is 9.59 Å². The van der Waals surface area contributed by atoms with Gasteiger partial charge in [0, 0.05) is 29.4 Å². The van der Waals surface area contributed by atoms with Crippen molar-refractivity contribution >= 4 is 11.6 Å². The Balaban J connectivity index is 2.02. The molecule has 0 bridgehead atoms. The van der Waals surface area contributed by atoms with Crippen molar-refractivity contribution in [2.75, 3.05) is 6.54 Å². The van der Waals surface area contributed by atoms with Crippen LogP contribution >= 0.6 is 0 Å². The maximum absolute atomic E-state index is 12.7. The molecule has 0 aromatic heterocycles. The zero-order valence-electron chi connectivity index (χ0n) is 14.0. The van der Waals surface area contributed by atoms with Gasteiger partial charge in [0.1, 0.15) is 17.3 Å². The van der Waals surface area contributed by atoms with E-state index in [-0.39, 0.29) is 24.5 Å². The fourth-order valence-electron chi connectivity index (χ4n) is 2.99. The molecule has 2 aromatic carbocycles. The Hall–Kier alpha value is -3.11. The molecule has 0 amide bonds. The Morgan fingerprint density at radius 3 is 2.76 bits per heavy atom. The number of carbonyl (C=O) groups is 2. The first-order chi connectivity index (χ1) is 12.0. The predicted octanol–water partition coefficient (Wildman–Crippen LogP) is 4.51. The van der Waals surface area contributed by atoms with Crippen LogP contribution in [-0.2, 0) is 11.2 Å². The van der Waals surface area contributed by atoms with E-state index in [1.54, 1.807) is 18.2 Å². The summed E-state index contributed by atoms with van der Waals surface area (Å²) in [6.45, 7) is 3.44. The molecule has 1 aliphatic heterocycles. The first-order valence-corrected chi connectivity index (χ1v) is 7.95. The van der Waals surface area contributed by atoms with Crippen LogP contribution in [-0.4, -0.2) is 18.1 Å². The lowest BCUT2D eigenvalue weighted by molar-refractivity contribution is -0.118. The van der Waals surface area contributed by atoms with Crippen LogP contribution in [0.5, 0.6) is 11.5 Å². The first kappa shape index (κ1) is 16.7. The molecule has 0 saturated carbocycles. The van der Waals surface area contributed by atoms with Gasteiger partial charge >= 0.3 is 0 Å². The Morgan fingerprint density at radius 2 is 2.04 bits per heavy atom. The van der Waals surface area contributed by atoms with Gasteiger partial charge in [0.15, 0.2) is 5.78 Å². The predicted molar refractivity (Wildman–Crippen MR) is 93.2 cm³/mol. The summed E-state index contributed by atoms with van der Waals surface area (Å²) in [5.41, 5.74) is 11.5. The van der Waals surface area contributed by atoms with Crippen molar-refractivity contribution in [3.05, 3.63) is 69.1 Å². The molecule has 1 heterocycles. The zero-order valence-corrected chi connectivity index (χ0v) is 14.0. The van der Waals surface area contributed by atoms with Crippen molar-refractivity contribution in [2.45, 2.75) is 26.2 Å². The Kier molecular flexibility index (Phi) is 4.55. The minimum atomic E-state index is -0.568. The molecule has 6 nitrogen and oxygen atoms in total. The van der Waals surface area contributed by atoms with Gasteiger partial charge in [-0.05, 0) is 43.1 Å². The second-order valence-corrected chi connectivity index (χ2v) is 6.15. The van der Waals surface area contributed by atoms with Crippen molar-refractivity contribution < 1.29 is 14.3 Å². The highest BCUT2D eigenvalue weighted by molar-refractivity contribution is 6.01. The number of hydrogen-bond acceptors (Lipinski definition) is 4. The number of Topliss-reactive ketones (excluding diaryl/α,β-unsaturated/α-hetero) is 2. The summed E-state index contributed by atoms with van der Waals surface area (Å²) in [6, 6.07) is 10.9. The molecule has 1 aliphatic rings. The molecule has 3 rings (SSSR count). The van der Waals surface area contributed by atoms with E-state index < -0.39 is 5.92 Å². The largest absolute Gasteiger partial charge is 0.456 e. The van der Waals surface area contributed by atoms with Crippen LogP contribution in [0.25, 0.3) is 10.4 Å². The number of nitrogens with zero attached hydrogens (tertiary/aromatic N) is 3. The third kappa shape index (κ3) is 3.39. The summed E-state index contributed by atoms with van der Waals surface area (Å²) in [7, 11) is 0. The summed E-state index contributed by atoms with van der Waals surface area (Å²) in [6.07, 6.45) is 0.245. The van der Waals surface area contributed by atoms with E-state index in [9.17, 15) is 9.59 Å². The maximum Gasteiger partial charge on any atom is 0.171 e. The van der Waals surface area contributed by atoms with Crippen LogP contribution in [0.15, 0.2) is 41.5 Å². The standard InChI is InChI=1S/C19H17N3O3/c1-11-3-5-18-14(7-11)9-17(24)15-8-13(4-6-19(15)25-18)16(12(2)23)10-21-22-20/h3-8,16H,9-10H2,1-2H3. The molecule has 1 unspecified atom stereocenters. The summed E-state index contributed by atoms with van der Waals surface area (Å²) < 4.78 is 5.92. The van der Waals surface area contributed by atoms with Gasteiger partial charge in [-0.2, -0.15) is 0 Å². The smallest absolute Gasteiger partial charge is 0.171 e. The molecule has 25 heavy (non-hydrogen) atoms. The molecule has 0 N–H and O–H groups in total. The quantitative estimate of drug-likeness (QED) is 0.467. The molecular formula is C19H17N3O3. The lowest BCUT2D eigenvalue weighted by Gasteiger charge is -2.14. The first-order valence-electron chi connectivity index (χ1n) is 7.95. The van der Waals surface area contributed by atoms with Gasteiger partial charge < -0.3 is 4.74 Å². The normalized spacial score (nSPS) is 13.6. The molecule has 126 valence electrons. The molecule has 0 fully saturated rings. The highest BCUT2D eigenvalue weighted by atomic mass is 16.5. The Morgan fingerprint density at radius 1 is 1.28 bits per heavy atom. The number of hydrogen-bond donors (Lipinski definition) is 0. The van der Waals surface area contributed by atoms with Gasteiger partial charge in [-0.1, -0.05) is 28.9 Å². The van der Waals surface area contributed by atoms with Gasteiger partial charge in [0.05, 0.1) is 5.56 Å². The minimum absolute atomic E-state index is 0.0269. The van der Waals surface area contributed by atoms with E-state index >= 15 is 0 Å². The van der Waals surface area contributed by atoms with E-state index in [2.05, 4.69) is 10.0 Å². The van der Waals surface area contributed by atoms with E-state index in [0.29, 0.717) is 22.6 Å². The van der Waals surface area contributed by atoms with Crippen LogP contribution in [0.3, 0.4) is 0 Å². The molecule has 6 heteroatoms. The average Bonchev–Trinajstić information content (AvgIpc) is 2.71. The fraction of sp³-hybridized carbons (Fsp3) is 0.263. The number of carbonyl (C=O) groups excluding carboxylic acids is 2. The molecule has 1 atom stereocenters. The molecule has 2 aromatic rings. The number of azide groups is 1. The number of ketones is 2. The highest BCUT2D eigenvalue weighted by Crippen LogP contribution is 2.35. The number of ether oxygens (including phenoxy) is 1. The third-order valence-electron chi connectivity index (χ3n) is 4.31. The zero-order chi connectivity index (χ0) is 18.0. The van der Waals surface area contributed by atoms with Crippen LogP contribution in [0.2, 0.25) is 0 Å². The highest BCUT2D eigenvalue weighted by Gasteiger charge is 2.24. The summed E-state index contributed by atoms with van der Waals surface area (Å²) in [5, 5.41) is 3.51. The van der Waals surface area contributed by atoms with Gasteiger partial charge in [-0.15, -0.1) is 0 Å². The van der Waals surface area contributed by atoms with Crippen molar-refractivity contribution in [3.8, 4) is 11.5 Å². The van der Waals surface area contributed by atoms with Gasteiger partial charge in [-0.25, -0.2) is 0 Å². The number of benzene rings is 2. The van der Waals surface area contributed by atoms with E-state index in [4.69, 9.17) is 10.3 Å². The van der Waals surface area contributed by atoms with Crippen molar-refractivity contribution in [1.82, 2.24) is 0 Å². The molecule has 0 radical (unpaired) electrons. The summed E-state index contributed by atoms with van der Waals surface area (Å²) in [4.78, 5) is 27.3. The third-order valence-corrected chi connectivity index (χ3v) is 4.31. The summed E-state index contributed by atoms with van der Waals surface area (Å²) >= 11 is 0. The molecular weight excluding hydrogens is 318 g/mol. The second-order valence-electron chi connectivity index (χ2n) is 6.15. The van der Waals surface area contributed by atoms with E-state index in [1.807, 2.05) is 25.1 Å². The van der Waals surface area contributed by atoms with Crippen molar-refractivity contribution in [1.29, 1.82) is 0 Å². The molecule has 0 saturated heterocycles. The SMILES string of the molecule is CC(=O)C(CN=[N+]=[N-])c1ccc2c(c1)C(=O)Cc1cc(C)ccc1O2. The van der Waals surface area contributed by atoms with Gasteiger partial charge in [0.25, 0.3) is 0 Å². The Labute approximate surface area is 145 Å². The monoisotopic (exact) mass is 335 g/mol. The topological polar surface area (TPSA) is 92.1 Å². The lowest BCUT2D eigenvalue weighted by atomic mass is 9.92. The average molecular weight is 335 g/mol. The van der Waals surface area contributed by atoms with E-state index in [0.717, 1.165) is 11.1 Å². The van der Waals surface area contributed by atoms with Gasteiger partial charge in [0.2, 0.25) is 0 Å². The summed E-state index contributed by atoms with van der Waals surface area (Å²) in [5.74, 6) is 0.396.